The molecule has 0 radical (unpaired) electrons. The quantitative estimate of drug-likeness (QED) is 0.841. The van der Waals surface area contributed by atoms with Gasteiger partial charge in [0.1, 0.15) is 4.99 Å². The lowest BCUT2D eigenvalue weighted by Gasteiger charge is -2.10. The minimum Gasteiger partial charge on any atom is -0.389 e. The Morgan fingerprint density at radius 3 is 2.55 bits per heavy atom. The third-order valence-corrected chi connectivity index (χ3v) is 4.97. The van der Waals surface area contributed by atoms with Crippen molar-refractivity contribution in [3.05, 3.63) is 29.3 Å². The monoisotopic (exact) mass is 288 g/mol. The van der Waals surface area contributed by atoms with E-state index in [1.54, 1.807) is 0 Å². The van der Waals surface area contributed by atoms with E-state index in [2.05, 4.69) is 5.32 Å². The lowest BCUT2D eigenvalue weighted by Crippen LogP contribution is -2.17. The fourth-order valence-corrected chi connectivity index (χ4v) is 3.63. The van der Waals surface area contributed by atoms with E-state index in [4.69, 9.17) is 18.0 Å². The van der Waals surface area contributed by atoms with Gasteiger partial charge in [-0.05, 0) is 43.2 Å². The van der Waals surface area contributed by atoms with Crippen LogP contribution in [0.5, 0.6) is 0 Å². The van der Waals surface area contributed by atoms with Gasteiger partial charge in [0.2, 0.25) is 5.91 Å². The van der Waals surface area contributed by atoms with Gasteiger partial charge >= 0.3 is 0 Å². The first-order chi connectivity index (χ1) is 9.58. The smallest absolute Gasteiger partial charge is 0.228 e. The van der Waals surface area contributed by atoms with Gasteiger partial charge in [-0.2, -0.15) is 0 Å². The molecule has 3 nitrogen and oxygen atoms in total. The number of anilines is 1. The lowest BCUT2D eigenvalue weighted by molar-refractivity contribution is -0.117. The lowest BCUT2D eigenvalue weighted by atomic mass is 10.0. The van der Waals surface area contributed by atoms with Crippen LogP contribution in [0.25, 0.3) is 0 Å². The second-order valence-electron chi connectivity index (χ2n) is 6.02. The molecule has 1 amide bonds. The van der Waals surface area contributed by atoms with Crippen molar-refractivity contribution in [2.24, 2.45) is 23.5 Å². The summed E-state index contributed by atoms with van der Waals surface area (Å²) in [5, 5.41) is 3.07. The number of fused-ring (bicyclic) bond motifs is 1. The minimum absolute atomic E-state index is 0.171. The molecule has 106 valence electrons. The first kappa shape index (κ1) is 13.6. The van der Waals surface area contributed by atoms with E-state index in [-0.39, 0.29) is 11.8 Å². The second kappa shape index (κ2) is 5.17. The largest absolute Gasteiger partial charge is 0.389 e. The van der Waals surface area contributed by atoms with E-state index in [1.165, 1.54) is 25.7 Å². The SMILES string of the molecule is Cc1ccc(C(N)=S)cc1NC(=O)C1C2CCCCC21. The highest BCUT2D eigenvalue weighted by molar-refractivity contribution is 7.80. The molecule has 1 aromatic carbocycles. The number of carbonyl (C=O) groups excluding carboxylic acids is 1. The Kier molecular flexibility index (Phi) is 3.50. The van der Waals surface area contributed by atoms with Crippen LogP contribution < -0.4 is 11.1 Å². The summed E-state index contributed by atoms with van der Waals surface area (Å²) in [4.78, 5) is 12.8. The van der Waals surface area contributed by atoms with Crippen LogP contribution in [0.2, 0.25) is 0 Å². The topological polar surface area (TPSA) is 55.1 Å². The molecule has 2 fully saturated rings. The van der Waals surface area contributed by atoms with E-state index < -0.39 is 0 Å². The number of hydrogen-bond acceptors (Lipinski definition) is 2. The van der Waals surface area contributed by atoms with Crippen molar-refractivity contribution in [3.8, 4) is 0 Å². The molecule has 2 aliphatic rings. The molecule has 2 aliphatic carbocycles. The number of aryl methyl sites for hydroxylation is 1. The molecule has 0 bridgehead atoms. The maximum absolute atomic E-state index is 12.4. The van der Waals surface area contributed by atoms with Crippen molar-refractivity contribution in [1.82, 2.24) is 0 Å². The van der Waals surface area contributed by atoms with E-state index in [1.807, 2.05) is 25.1 Å². The summed E-state index contributed by atoms with van der Waals surface area (Å²) < 4.78 is 0. The van der Waals surface area contributed by atoms with Crippen LogP contribution in [0.4, 0.5) is 5.69 Å². The van der Waals surface area contributed by atoms with Crippen LogP contribution in [0.15, 0.2) is 18.2 Å². The molecule has 1 aromatic rings. The molecule has 0 saturated heterocycles. The molecule has 0 spiro atoms. The van der Waals surface area contributed by atoms with Crippen LogP contribution >= 0.6 is 12.2 Å². The molecular formula is C16H20N2OS. The Morgan fingerprint density at radius 1 is 1.30 bits per heavy atom. The molecule has 20 heavy (non-hydrogen) atoms. The van der Waals surface area contributed by atoms with Crippen LogP contribution in [-0.2, 0) is 4.79 Å². The number of carbonyl (C=O) groups is 1. The van der Waals surface area contributed by atoms with Gasteiger partial charge in [0.15, 0.2) is 0 Å². The number of rotatable bonds is 3. The normalized spacial score (nSPS) is 27.6. The predicted octanol–water partition coefficient (Wildman–Crippen LogP) is 3.00. The van der Waals surface area contributed by atoms with E-state index >= 15 is 0 Å². The summed E-state index contributed by atoms with van der Waals surface area (Å²) in [6, 6.07) is 5.72. The van der Waals surface area contributed by atoms with Gasteiger partial charge in [-0.15, -0.1) is 0 Å². The first-order valence-corrected chi connectivity index (χ1v) is 7.70. The molecule has 3 N–H and O–H groups in total. The van der Waals surface area contributed by atoms with Crippen LogP contribution in [-0.4, -0.2) is 10.9 Å². The summed E-state index contributed by atoms with van der Waals surface area (Å²) in [5.74, 6) is 1.65. The number of hydrogen-bond donors (Lipinski definition) is 2. The zero-order valence-electron chi connectivity index (χ0n) is 11.7. The van der Waals surface area contributed by atoms with Gasteiger partial charge in [0.25, 0.3) is 0 Å². The summed E-state index contributed by atoms with van der Waals surface area (Å²) in [5.41, 5.74) is 8.33. The molecule has 0 aromatic heterocycles. The van der Waals surface area contributed by atoms with Crippen molar-refractivity contribution < 1.29 is 4.79 Å². The predicted molar refractivity (Wildman–Crippen MR) is 84.6 cm³/mol. The van der Waals surface area contributed by atoms with Gasteiger partial charge in [0.05, 0.1) is 0 Å². The molecule has 2 unspecified atom stereocenters. The standard InChI is InChI=1S/C16H20N2OS/c1-9-6-7-10(15(17)20)8-13(9)18-16(19)14-11-4-2-3-5-12(11)14/h6-8,11-12,14H,2-5H2,1H3,(H2,17,20)(H,18,19). The zero-order chi connectivity index (χ0) is 14.3. The molecule has 0 heterocycles. The van der Waals surface area contributed by atoms with Crippen molar-refractivity contribution in [3.63, 3.8) is 0 Å². The third-order valence-electron chi connectivity index (χ3n) is 4.74. The van der Waals surface area contributed by atoms with Gasteiger partial charge in [-0.3, -0.25) is 4.79 Å². The highest BCUT2D eigenvalue weighted by Gasteiger charge is 2.54. The molecule has 2 saturated carbocycles. The maximum atomic E-state index is 12.4. The number of nitrogens with one attached hydrogen (secondary N) is 1. The summed E-state index contributed by atoms with van der Waals surface area (Å²) in [6.45, 7) is 1.99. The minimum atomic E-state index is 0.171. The molecule has 4 heteroatoms. The molecule has 3 rings (SSSR count). The van der Waals surface area contributed by atoms with Crippen molar-refractivity contribution in [2.45, 2.75) is 32.6 Å². The van der Waals surface area contributed by atoms with E-state index in [0.717, 1.165) is 16.8 Å². The molecular weight excluding hydrogens is 268 g/mol. The number of amides is 1. The van der Waals surface area contributed by atoms with Crippen molar-refractivity contribution in [1.29, 1.82) is 0 Å². The maximum Gasteiger partial charge on any atom is 0.228 e. The summed E-state index contributed by atoms with van der Waals surface area (Å²) in [7, 11) is 0. The summed E-state index contributed by atoms with van der Waals surface area (Å²) in [6.07, 6.45) is 4.99. The number of nitrogens with two attached hydrogens (primary N) is 1. The average Bonchev–Trinajstić information content (AvgIpc) is 3.15. The van der Waals surface area contributed by atoms with Gasteiger partial charge < -0.3 is 11.1 Å². The third kappa shape index (κ3) is 2.44. The zero-order valence-corrected chi connectivity index (χ0v) is 12.5. The molecule has 2 atom stereocenters. The Labute approximate surface area is 124 Å². The van der Waals surface area contributed by atoms with Crippen LogP contribution in [0.3, 0.4) is 0 Å². The summed E-state index contributed by atoms with van der Waals surface area (Å²) >= 11 is 4.99. The van der Waals surface area contributed by atoms with Gasteiger partial charge in [0, 0.05) is 17.2 Å². The van der Waals surface area contributed by atoms with Crippen LogP contribution in [0.1, 0.15) is 36.8 Å². The second-order valence-corrected chi connectivity index (χ2v) is 6.46. The highest BCUT2D eigenvalue weighted by Crippen LogP contribution is 2.55. The van der Waals surface area contributed by atoms with Crippen molar-refractivity contribution >= 4 is 28.8 Å². The Bertz CT molecular complexity index is 558. The van der Waals surface area contributed by atoms with Gasteiger partial charge in [-0.1, -0.05) is 37.2 Å². The fraction of sp³-hybridized carbons (Fsp3) is 0.500. The van der Waals surface area contributed by atoms with Crippen LogP contribution in [0, 0.1) is 24.7 Å². The van der Waals surface area contributed by atoms with E-state index in [0.29, 0.717) is 16.8 Å². The average molecular weight is 288 g/mol. The Morgan fingerprint density at radius 2 is 1.95 bits per heavy atom. The highest BCUT2D eigenvalue weighted by atomic mass is 32.1. The Balaban J connectivity index is 1.73. The molecule has 0 aliphatic heterocycles. The van der Waals surface area contributed by atoms with Gasteiger partial charge in [-0.25, -0.2) is 0 Å². The number of thiocarbonyl (C=S) groups is 1. The fourth-order valence-electron chi connectivity index (χ4n) is 3.51. The number of benzene rings is 1. The Hall–Kier alpha value is -1.42. The van der Waals surface area contributed by atoms with E-state index in [9.17, 15) is 4.79 Å². The van der Waals surface area contributed by atoms with Crippen molar-refractivity contribution in [2.75, 3.05) is 5.32 Å². The first-order valence-electron chi connectivity index (χ1n) is 7.29.